The maximum Gasteiger partial charge on any atom is 0.159 e. The molecule has 2 heterocycles. The number of ketones is 1. The van der Waals surface area contributed by atoms with Gasteiger partial charge in [0.15, 0.2) is 5.78 Å². The Balaban J connectivity index is 1.80. The van der Waals surface area contributed by atoms with Crippen LogP contribution in [0.2, 0.25) is 5.02 Å². The lowest BCUT2D eigenvalue weighted by Gasteiger charge is -2.37. The molecule has 24 heavy (non-hydrogen) atoms. The van der Waals surface area contributed by atoms with E-state index in [1.807, 2.05) is 18.2 Å². The summed E-state index contributed by atoms with van der Waals surface area (Å²) in [5, 5.41) is 9.99. The molecule has 0 unspecified atom stereocenters. The molecule has 1 aliphatic rings. The molecule has 0 spiro atoms. The predicted octanol–water partition coefficient (Wildman–Crippen LogP) is 3.14. The van der Waals surface area contributed by atoms with Crippen LogP contribution in [0, 0.1) is 11.3 Å². The monoisotopic (exact) mass is 340 g/mol. The van der Waals surface area contributed by atoms with Crippen LogP contribution in [0.4, 0.5) is 11.5 Å². The summed E-state index contributed by atoms with van der Waals surface area (Å²) in [4.78, 5) is 20.2. The normalized spacial score (nSPS) is 14.4. The third-order valence-electron chi connectivity index (χ3n) is 4.18. The summed E-state index contributed by atoms with van der Waals surface area (Å²) in [6, 6.07) is 11.1. The minimum absolute atomic E-state index is 0.000330. The molecule has 1 aliphatic heterocycles. The fourth-order valence-electron chi connectivity index (χ4n) is 2.88. The molecule has 1 aromatic heterocycles. The number of hydrogen-bond donors (Lipinski definition) is 0. The highest BCUT2D eigenvalue weighted by molar-refractivity contribution is 6.32. The summed E-state index contributed by atoms with van der Waals surface area (Å²) in [6.45, 7) is 4.52. The average molecular weight is 341 g/mol. The number of hydrogen-bond acceptors (Lipinski definition) is 5. The smallest absolute Gasteiger partial charge is 0.159 e. The second kappa shape index (κ2) is 6.90. The molecular weight excluding hydrogens is 324 g/mol. The summed E-state index contributed by atoms with van der Waals surface area (Å²) < 4.78 is 0. The Morgan fingerprint density at radius 2 is 1.92 bits per heavy atom. The summed E-state index contributed by atoms with van der Waals surface area (Å²) in [6.07, 6.45) is 1.73. The number of halogens is 1. The molecule has 0 bridgehead atoms. The van der Waals surface area contributed by atoms with Crippen molar-refractivity contribution in [1.82, 2.24) is 4.98 Å². The molecule has 1 fully saturated rings. The number of nitriles is 1. The lowest BCUT2D eigenvalue weighted by Crippen LogP contribution is -2.47. The van der Waals surface area contributed by atoms with Gasteiger partial charge in [0, 0.05) is 37.9 Å². The number of carbonyl (C=O) groups is 1. The number of anilines is 2. The quantitative estimate of drug-likeness (QED) is 0.803. The third kappa shape index (κ3) is 3.19. The molecule has 1 aromatic carbocycles. The van der Waals surface area contributed by atoms with Gasteiger partial charge in [-0.05, 0) is 37.3 Å². The molecule has 122 valence electrons. The van der Waals surface area contributed by atoms with Gasteiger partial charge in [-0.1, -0.05) is 11.6 Å². The topological polar surface area (TPSA) is 60.2 Å². The molecule has 0 amide bonds. The van der Waals surface area contributed by atoms with Crippen LogP contribution in [-0.4, -0.2) is 36.9 Å². The van der Waals surface area contributed by atoms with Crippen molar-refractivity contribution < 1.29 is 4.79 Å². The number of benzene rings is 1. The highest BCUT2D eigenvalue weighted by Gasteiger charge is 2.22. The number of carbonyl (C=O) groups excluding carboxylic acids is 1. The molecule has 5 nitrogen and oxygen atoms in total. The molecular formula is C18H17ClN4O. The SMILES string of the molecule is CC(=O)c1ccc(C#N)c(N2CCN(c3ncccc3Cl)CC2)c1. The first kappa shape index (κ1) is 16.3. The molecule has 0 N–H and O–H groups in total. The number of piperazine rings is 1. The first-order chi connectivity index (χ1) is 11.6. The number of pyridine rings is 1. The van der Waals surface area contributed by atoms with E-state index in [2.05, 4.69) is 20.9 Å². The van der Waals surface area contributed by atoms with Crippen molar-refractivity contribution in [3.8, 4) is 6.07 Å². The lowest BCUT2D eigenvalue weighted by atomic mass is 10.1. The number of nitrogens with zero attached hydrogens (tertiary/aromatic N) is 4. The largest absolute Gasteiger partial charge is 0.367 e. The van der Waals surface area contributed by atoms with E-state index in [0.717, 1.165) is 37.7 Å². The first-order valence-electron chi connectivity index (χ1n) is 7.75. The first-order valence-corrected chi connectivity index (χ1v) is 8.13. The van der Waals surface area contributed by atoms with Crippen LogP contribution in [0.3, 0.4) is 0 Å². The molecule has 6 heteroatoms. The van der Waals surface area contributed by atoms with E-state index in [0.29, 0.717) is 16.1 Å². The summed E-state index contributed by atoms with van der Waals surface area (Å²) in [7, 11) is 0. The van der Waals surface area contributed by atoms with E-state index in [-0.39, 0.29) is 5.78 Å². The number of Topliss-reactive ketones (excluding diaryl/α,β-unsaturated/α-hetero) is 1. The van der Waals surface area contributed by atoms with Gasteiger partial charge in [0.1, 0.15) is 11.9 Å². The second-order valence-corrected chi connectivity index (χ2v) is 6.09. The fraction of sp³-hybridized carbons (Fsp3) is 0.278. The molecule has 0 atom stereocenters. The van der Waals surface area contributed by atoms with Crippen LogP contribution in [0.25, 0.3) is 0 Å². The molecule has 3 rings (SSSR count). The summed E-state index contributed by atoms with van der Waals surface area (Å²) >= 11 is 6.22. The zero-order valence-electron chi connectivity index (χ0n) is 13.4. The van der Waals surface area contributed by atoms with Crippen molar-refractivity contribution in [2.75, 3.05) is 36.0 Å². The van der Waals surface area contributed by atoms with Crippen molar-refractivity contribution in [3.63, 3.8) is 0 Å². The van der Waals surface area contributed by atoms with Gasteiger partial charge >= 0.3 is 0 Å². The zero-order chi connectivity index (χ0) is 17.1. The summed E-state index contributed by atoms with van der Waals surface area (Å²) in [5.41, 5.74) is 2.03. The van der Waals surface area contributed by atoms with Crippen LogP contribution >= 0.6 is 11.6 Å². The van der Waals surface area contributed by atoms with Gasteiger partial charge in [0.2, 0.25) is 0 Å². The Morgan fingerprint density at radius 1 is 1.21 bits per heavy atom. The highest BCUT2D eigenvalue weighted by Crippen LogP contribution is 2.27. The third-order valence-corrected chi connectivity index (χ3v) is 4.48. The lowest BCUT2D eigenvalue weighted by molar-refractivity contribution is 0.101. The van der Waals surface area contributed by atoms with Gasteiger partial charge in [-0.25, -0.2) is 4.98 Å². The van der Waals surface area contributed by atoms with Crippen LogP contribution < -0.4 is 9.80 Å². The van der Waals surface area contributed by atoms with Gasteiger partial charge in [-0.3, -0.25) is 4.79 Å². The maximum atomic E-state index is 11.6. The molecule has 1 saturated heterocycles. The average Bonchev–Trinajstić information content (AvgIpc) is 2.61. The van der Waals surface area contributed by atoms with Crippen molar-refractivity contribution in [3.05, 3.63) is 52.7 Å². The summed E-state index contributed by atoms with van der Waals surface area (Å²) in [5.74, 6) is 0.788. The van der Waals surface area contributed by atoms with Crippen LogP contribution in [0.1, 0.15) is 22.8 Å². The van der Waals surface area contributed by atoms with Gasteiger partial charge in [-0.15, -0.1) is 0 Å². The van der Waals surface area contributed by atoms with Gasteiger partial charge < -0.3 is 9.80 Å². The van der Waals surface area contributed by atoms with Gasteiger partial charge in [-0.2, -0.15) is 5.26 Å². The Kier molecular flexibility index (Phi) is 4.68. The van der Waals surface area contributed by atoms with Gasteiger partial charge in [0.25, 0.3) is 0 Å². The molecule has 0 radical (unpaired) electrons. The Hall–Kier alpha value is -2.58. The van der Waals surface area contributed by atoms with E-state index >= 15 is 0 Å². The Bertz CT molecular complexity index is 807. The fourth-order valence-corrected chi connectivity index (χ4v) is 3.12. The van der Waals surface area contributed by atoms with E-state index in [1.165, 1.54) is 6.92 Å². The minimum atomic E-state index is -0.000330. The number of rotatable bonds is 3. The molecule has 0 saturated carbocycles. The van der Waals surface area contributed by atoms with Crippen molar-refractivity contribution >= 4 is 28.9 Å². The minimum Gasteiger partial charge on any atom is -0.367 e. The van der Waals surface area contributed by atoms with Crippen LogP contribution in [0.5, 0.6) is 0 Å². The maximum absolute atomic E-state index is 11.6. The van der Waals surface area contributed by atoms with Crippen LogP contribution in [0.15, 0.2) is 36.5 Å². The molecule has 2 aromatic rings. The second-order valence-electron chi connectivity index (χ2n) is 5.68. The van der Waals surface area contributed by atoms with E-state index in [9.17, 15) is 10.1 Å². The standard InChI is InChI=1S/C18H17ClN4O/c1-13(24)14-4-5-15(12-20)17(11-14)22-7-9-23(10-8-22)18-16(19)3-2-6-21-18/h2-6,11H,7-10H2,1H3. The number of aromatic nitrogens is 1. The van der Waals surface area contributed by atoms with Crippen LogP contribution in [-0.2, 0) is 0 Å². The van der Waals surface area contributed by atoms with Gasteiger partial charge in [0.05, 0.1) is 16.3 Å². The Morgan fingerprint density at radius 3 is 2.54 bits per heavy atom. The zero-order valence-corrected chi connectivity index (χ0v) is 14.1. The van der Waals surface area contributed by atoms with E-state index in [4.69, 9.17) is 11.6 Å². The Labute approximate surface area is 146 Å². The van der Waals surface area contributed by atoms with E-state index < -0.39 is 0 Å². The predicted molar refractivity (Wildman–Crippen MR) is 94.8 cm³/mol. The molecule has 0 aliphatic carbocycles. The highest BCUT2D eigenvalue weighted by atomic mass is 35.5. The van der Waals surface area contributed by atoms with Crippen molar-refractivity contribution in [1.29, 1.82) is 5.26 Å². The van der Waals surface area contributed by atoms with Crippen molar-refractivity contribution in [2.24, 2.45) is 0 Å². The van der Waals surface area contributed by atoms with E-state index in [1.54, 1.807) is 18.3 Å². The van der Waals surface area contributed by atoms with Crippen molar-refractivity contribution in [2.45, 2.75) is 6.92 Å².